The minimum absolute atomic E-state index is 0.00619. The van der Waals surface area contributed by atoms with Gasteiger partial charge in [-0.3, -0.25) is 9.59 Å². The highest BCUT2D eigenvalue weighted by molar-refractivity contribution is 5.90. The van der Waals surface area contributed by atoms with Crippen LogP contribution in [0.3, 0.4) is 0 Å². The first kappa shape index (κ1) is 52.8. The highest BCUT2D eigenvalue weighted by Crippen LogP contribution is 2.58. The molecule has 15 aliphatic heterocycles. The molecule has 31 atom stereocenters. The minimum atomic E-state index is -1.13. The van der Waals surface area contributed by atoms with Gasteiger partial charge in [-0.2, -0.15) is 0 Å². The third-order valence-corrected chi connectivity index (χ3v) is 21.8. The van der Waals surface area contributed by atoms with Crippen LogP contribution in [-0.2, 0) is 75.9 Å². The Morgan fingerprint density at radius 1 is 0.564 bits per heavy atom. The summed E-state index contributed by atoms with van der Waals surface area (Å²) >= 11 is 0. The second-order valence-electron chi connectivity index (χ2n) is 27.0. The quantitative estimate of drug-likeness (QED) is 0.263. The zero-order valence-corrected chi connectivity index (χ0v) is 45.4. The van der Waals surface area contributed by atoms with E-state index in [9.17, 15) is 24.9 Å². The van der Waals surface area contributed by atoms with Gasteiger partial charge in [0.1, 0.15) is 18.3 Å². The van der Waals surface area contributed by atoms with Gasteiger partial charge in [0.15, 0.2) is 29.2 Å². The zero-order chi connectivity index (χ0) is 53.3. The van der Waals surface area contributed by atoms with Gasteiger partial charge in [-0.25, -0.2) is 0 Å². The lowest BCUT2D eigenvalue weighted by molar-refractivity contribution is -0.347. The molecular formula is C59H82O19. The smallest absolute Gasteiger partial charge is 0.308 e. The Bertz CT molecular complexity index is 2370. The highest BCUT2D eigenvalue weighted by Gasteiger charge is 2.68. The number of aliphatic hydroxyl groups is 3. The summed E-state index contributed by atoms with van der Waals surface area (Å²) in [5, 5.41) is 30.3. The van der Waals surface area contributed by atoms with Gasteiger partial charge in [0, 0.05) is 69.6 Å². The molecule has 15 rings (SSSR count). The van der Waals surface area contributed by atoms with Crippen molar-refractivity contribution in [3.05, 3.63) is 24.3 Å². The molecule has 11 bridgehead atoms. The van der Waals surface area contributed by atoms with E-state index >= 15 is 0 Å². The topological polar surface area (TPSA) is 224 Å². The van der Waals surface area contributed by atoms with Crippen molar-refractivity contribution in [2.24, 2.45) is 29.6 Å². The number of aliphatic hydroxyl groups excluding tert-OH is 3. The zero-order valence-electron chi connectivity index (χ0n) is 45.4. The van der Waals surface area contributed by atoms with E-state index < -0.39 is 103 Å². The second-order valence-corrected chi connectivity index (χ2v) is 27.0. The molecule has 19 nitrogen and oxygen atoms in total. The van der Waals surface area contributed by atoms with E-state index in [4.69, 9.17) is 72.9 Å². The van der Waals surface area contributed by atoms with E-state index in [1.54, 1.807) is 0 Å². The summed E-state index contributed by atoms with van der Waals surface area (Å²) in [6.45, 7) is 15.4. The van der Waals surface area contributed by atoms with Gasteiger partial charge in [0.25, 0.3) is 0 Å². The Morgan fingerprint density at radius 3 is 2.17 bits per heavy atom. The van der Waals surface area contributed by atoms with Crippen LogP contribution in [0.5, 0.6) is 0 Å². The number of esters is 1. The molecule has 0 aromatic heterocycles. The molecule has 15 saturated heterocycles. The highest BCUT2D eigenvalue weighted by atomic mass is 16.8. The molecule has 3 spiro atoms. The van der Waals surface area contributed by atoms with Gasteiger partial charge in [0.2, 0.25) is 0 Å². The molecule has 15 heterocycles. The van der Waals surface area contributed by atoms with Crippen molar-refractivity contribution in [2.45, 2.75) is 294 Å². The van der Waals surface area contributed by atoms with Crippen molar-refractivity contribution >= 4 is 11.8 Å². The predicted octanol–water partition coefficient (Wildman–Crippen LogP) is 4.34. The Balaban J connectivity index is 0.690. The fourth-order valence-electron chi connectivity index (χ4n) is 18.3. The summed E-state index contributed by atoms with van der Waals surface area (Å²) in [7, 11) is 0. The first-order chi connectivity index (χ1) is 37.5. The Morgan fingerprint density at radius 2 is 1.32 bits per heavy atom. The van der Waals surface area contributed by atoms with Crippen molar-refractivity contribution in [2.75, 3.05) is 6.61 Å². The Labute approximate surface area is 456 Å². The number of rotatable bonds is 4. The van der Waals surface area contributed by atoms with Crippen molar-refractivity contribution in [1.29, 1.82) is 0 Å². The molecule has 19 unspecified atom stereocenters. The number of carbonyl (C=O) groups is 2. The van der Waals surface area contributed by atoms with Crippen molar-refractivity contribution in [3.8, 4) is 0 Å². The van der Waals surface area contributed by atoms with Gasteiger partial charge < -0.3 is 81.6 Å². The number of hydrogen-bond donors (Lipinski definition) is 3. The summed E-state index contributed by atoms with van der Waals surface area (Å²) in [6, 6.07) is 0. The minimum Gasteiger partial charge on any atom is -0.459 e. The lowest BCUT2D eigenvalue weighted by atomic mass is 9.69. The van der Waals surface area contributed by atoms with Crippen LogP contribution in [-0.4, -0.2) is 191 Å². The van der Waals surface area contributed by atoms with E-state index in [0.29, 0.717) is 77.0 Å². The molecule has 15 fully saturated rings. The molecule has 0 saturated carbocycles. The number of Topliss-reactive ketones (excluding diaryl/α,β-unsaturated/α-hetero) is 1. The second kappa shape index (κ2) is 19.5. The first-order valence-electron chi connectivity index (χ1n) is 30.2. The lowest BCUT2D eigenvalue weighted by Crippen LogP contribution is -2.63. The third kappa shape index (κ3) is 8.77. The molecule has 0 aromatic rings. The SMILES string of the molecule is C=C1C[C@@H]2CC3C4CC(CCC1O2)OC(C[C@@H]1OC2CC5O[C@]6(CC5OC2C(C)C1OC(=O)CC1CC[C@@H]2O[C@@H]5C(=O)[C@@H](O[C@]37CC[C@@H]5O7)C2O1)C[C@@H]1OC2(CC(C)[C@@H]3OC(C(O)CC(O)CO)C[C@@H]3O2)CC(C)[C@@H]1O6)C4=C. The molecule has 15 aliphatic rings. The Kier molecular flexibility index (Phi) is 13.2. The van der Waals surface area contributed by atoms with Crippen LogP contribution < -0.4 is 0 Å². The van der Waals surface area contributed by atoms with Crippen LogP contribution >= 0.6 is 0 Å². The third-order valence-electron chi connectivity index (χ3n) is 21.8. The number of ether oxygens (including phenoxy) is 14. The summed E-state index contributed by atoms with van der Waals surface area (Å²) in [6.07, 6.45) is -0.790. The van der Waals surface area contributed by atoms with E-state index in [2.05, 4.69) is 27.4 Å². The molecule has 432 valence electrons. The number of carbonyl (C=O) groups excluding carboxylic acids is 2. The van der Waals surface area contributed by atoms with Crippen LogP contribution in [0.2, 0.25) is 0 Å². The van der Waals surface area contributed by atoms with Crippen LogP contribution in [0.4, 0.5) is 0 Å². The average molecular weight is 1100 g/mol. The molecule has 3 N–H and O–H groups in total. The number of ketones is 1. The van der Waals surface area contributed by atoms with Gasteiger partial charge in [-0.1, -0.05) is 33.9 Å². The number of hydrogen-bond acceptors (Lipinski definition) is 19. The average Bonchev–Trinajstić information content (AvgIpc) is 4.43. The largest absolute Gasteiger partial charge is 0.459 e. The lowest BCUT2D eigenvalue weighted by Gasteiger charge is -2.52. The maximum Gasteiger partial charge on any atom is 0.308 e. The molecule has 0 amide bonds. The molecule has 0 aromatic carbocycles. The van der Waals surface area contributed by atoms with E-state index in [-0.39, 0.29) is 115 Å². The maximum absolute atomic E-state index is 14.5. The van der Waals surface area contributed by atoms with Crippen LogP contribution in [0.25, 0.3) is 0 Å². The van der Waals surface area contributed by atoms with Crippen LogP contribution in [0, 0.1) is 29.6 Å². The summed E-state index contributed by atoms with van der Waals surface area (Å²) < 4.78 is 97.2. The molecule has 0 radical (unpaired) electrons. The van der Waals surface area contributed by atoms with Gasteiger partial charge in [0.05, 0.1) is 129 Å². The Hall–Kier alpha value is -2.02. The predicted molar refractivity (Wildman–Crippen MR) is 268 cm³/mol. The molecule has 78 heavy (non-hydrogen) atoms. The van der Waals surface area contributed by atoms with Crippen LogP contribution in [0.15, 0.2) is 24.3 Å². The fourth-order valence-corrected chi connectivity index (χ4v) is 18.3. The fraction of sp³-hybridized carbons (Fsp3) is 0.898. The van der Waals surface area contributed by atoms with E-state index in [1.165, 1.54) is 0 Å². The number of fused-ring (bicyclic) bond motifs is 13. The van der Waals surface area contributed by atoms with Gasteiger partial charge in [-0.05, 0) is 80.3 Å². The molecule has 19 heteroatoms. The van der Waals surface area contributed by atoms with Gasteiger partial charge >= 0.3 is 5.97 Å². The molecular weight excluding hydrogens is 1010 g/mol. The van der Waals surface area contributed by atoms with E-state index in [0.717, 1.165) is 36.8 Å². The van der Waals surface area contributed by atoms with Crippen molar-refractivity contribution in [1.82, 2.24) is 0 Å². The van der Waals surface area contributed by atoms with Crippen molar-refractivity contribution in [3.63, 3.8) is 0 Å². The normalized spacial score (nSPS) is 56.7. The summed E-state index contributed by atoms with van der Waals surface area (Å²) in [4.78, 5) is 29.0. The summed E-state index contributed by atoms with van der Waals surface area (Å²) in [5.41, 5.74) is 2.02. The standard InChI is InChI=1S/C59H82O19/c1-25-12-33-15-35-34-14-31(6-8-37(25)66-33)65-40(28(34)4)17-43-53(72-48(63)16-32-7-9-38-55(67-32)56-49(64)54(69-38)39-10-11-59(35,76-39)78-56)29(5)52-44(68-43)19-42-46(71-52)22-58(73-42)23-47-51(77-58)27(3)21-57(75-47)20-26(2)50-45(74-57)18-41(70-50)36(62)13-30(61)24-60/h26-27,29-47,50-56,60-62H,1,4,6-24H2,2-3,5H3/t26?,27?,29?,30?,31?,32?,33-,34?,35?,36?,37?,38+,39+,40?,41?,42?,43+,44?,45+,46?,47+,50+,51+,52?,53?,54+,55?,56-,57?,58+,59-/m1/s1. The van der Waals surface area contributed by atoms with Crippen molar-refractivity contribution < 1.29 is 91.2 Å². The maximum atomic E-state index is 14.5. The van der Waals surface area contributed by atoms with Gasteiger partial charge in [-0.15, -0.1) is 0 Å². The monoisotopic (exact) mass is 1090 g/mol. The first-order valence-corrected chi connectivity index (χ1v) is 30.2. The molecule has 0 aliphatic carbocycles. The van der Waals surface area contributed by atoms with Crippen LogP contribution in [0.1, 0.15) is 136 Å². The van der Waals surface area contributed by atoms with E-state index in [1.807, 2.05) is 0 Å². The summed E-state index contributed by atoms with van der Waals surface area (Å²) in [5.74, 6) is -3.90.